The van der Waals surface area contributed by atoms with Crippen molar-refractivity contribution in [3.63, 3.8) is 0 Å². The Labute approximate surface area is 90.9 Å². The fraction of sp³-hybridized carbons (Fsp3) is 0.750. The number of aryl methyl sites for hydroxylation is 1. The third-order valence-electron chi connectivity index (χ3n) is 3.99. The van der Waals surface area contributed by atoms with Crippen molar-refractivity contribution in [2.24, 2.45) is 5.92 Å². The van der Waals surface area contributed by atoms with Crippen LogP contribution in [-0.2, 0) is 6.54 Å². The van der Waals surface area contributed by atoms with E-state index in [4.69, 9.17) is 0 Å². The number of imidazole rings is 1. The van der Waals surface area contributed by atoms with Crippen molar-refractivity contribution in [3.8, 4) is 0 Å². The molecule has 1 aliphatic carbocycles. The van der Waals surface area contributed by atoms with Gasteiger partial charge in [-0.05, 0) is 38.6 Å². The van der Waals surface area contributed by atoms with Crippen molar-refractivity contribution in [2.75, 3.05) is 6.54 Å². The maximum absolute atomic E-state index is 4.49. The lowest BCUT2D eigenvalue weighted by Gasteiger charge is -2.22. The molecule has 82 valence electrons. The molecule has 0 bridgehead atoms. The lowest BCUT2D eigenvalue weighted by atomic mass is 10.1. The highest BCUT2D eigenvalue weighted by atomic mass is 15.2. The van der Waals surface area contributed by atoms with Gasteiger partial charge in [0.2, 0.25) is 0 Å². The smallest absolute Gasteiger partial charge is 0.120 e. The predicted molar refractivity (Wildman–Crippen MR) is 59.5 cm³/mol. The fourth-order valence-corrected chi connectivity index (χ4v) is 3.27. The maximum atomic E-state index is 4.49. The first-order chi connectivity index (χ1) is 7.33. The number of aromatic nitrogens is 2. The Hall–Kier alpha value is -0.830. The summed E-state index contributed by atoms with van der Waals surface area (Å²) in [6.45, 7) is 4.34. The summed E-state index contributed by atoms with van der Waals surface area (Å²) in [4.78, 5) is 10.4. The Morgan fingerprint density at radius 2 is 2.40 bits per heavy atom. The second kappa shape index (κ2) is 3.63. The highest BCUT2D eigenvalue weighted by Crippen LogP contribution is 2.38. The number of fused-ring (bicyclic) bond motifs is 1. The topological polar surface area (TPSA) is 31.9 Å². The molecule has 3 heteroatoms. The molecular weight excluding hydrogens is 186 g/mol. The Balaban J connectivity index is 1.68. The molecule has 2 aliphatic rings. The van der Waals surface area contributed by atoms with E-state index in [0.29, 0.717) is 0 Å². The molecule has 1 N–H and O–H groups in total. The van der Waals surface area contributed by atoms with E-state index in [-0.39, 0.29) is 0 Å². The second-order valence-electron chi connectivity index (χ2n) is 5.01. The number of H-pyrrole nitrogens is 1. The third-order valence-corrected chi connectivity index (χ3v) is 3.99. The lowest BCUT2D eigenvalue weighted by Crippen LogP contribution is -2.29. The van der Waals surface area contributed by atoms with E-state index in [0.717, 1.165) is 30.0 Å². The van der Waals surface area contributed by atoms with Crippen LogP contribution in [0.3, 0.4) is 0 Å². The van der Waals surface area contributed by atoms with Gasteiger partial charge in [0.25, 0.3) is 0 Å². The molecule has 1 aromatic heterocycles. The molecule has 1 aromatic rings. The Kier molecular flexibility index (Phi) is 2.28. The standard InChI is InChI=1S/C12H19N3/c1-9-7-13-12(14-9)8-15-6-5-10-3-2-4-11(10)15/h7,10-11H,2-6,8H2,1H3,(H,13,14)/t10-,11-/m1/s1. The van der Waals surface area contributed by atoms with Gasteiger partial charge in [0.1, 0.15) is 5.82 Å². The predicted octanol–water partition coefficient (Wildman–Crippen LogP) is 2.09. The summed E-state index contributed by atoms with van der Waals surface area (Å²) in [6.07, 6.45) is 7.70. The number of hydrogen-bond donors (Lipinski definition) is 1. The van der Waals surface area contributed by atoms with Crippen molar-refractivity contribution in [2.45, 2.75) is 45.2 Å². The van der Waals surface area contributed by atoms with Gasteiger partial charge < -0.3 is 4.98 Å². The minimum Gasteiger partial charge on any atom is -0.347 e. The second-order valence-corrected chi connectivity index (χ2v) is 5.01. The van der Waals surface area contributed by atoms with Crippen molar-refractivity contribution in [1.82, 2.24) is 14.9 Å². The zero-order chi connectivity index (χ0) is 10.3. The molecule has 0 spiro atoms. The van der Waals surface area contributed by atoms with E-state index in [1.807, 2.05) is 13.1 Å². The number of aromatic amines is 1. The third kappa shape index (κ3) is 1.69. The van der Waals surface area contributed by atoms with Crippen LogP contribution in [0.4, 0.5) is 0 Å². The highest BCUT2D eigenvalue weighted by molar-refractivity contribution is 5.00. The molecule has 15 heavy (non-hydrogen) atoms. The van der Waals surface area contributed by atoms with Gasteiger partial charge in [-0.25, -0.2) is 4.98 Å². The van der Waals surface area contributed by atoms with Crippen LogP contribution in [0, 0.1) is 12.8 Å². The average molecular weight is 205 g/mol. The van der Waals surface area contributed by atoms with Gasteiger partial charge in [-0.15, -0.1) is 0 Å². The van der Waals surface area contributed by atoms with Gasteiger partial charge >= 0.3 is 0 Å². The monoisotopic (exact) mass is 205 g/mol. The van der Waals surface area contributed by atoms with Gasteiger partial charge in [0, 0.05) is 12.2 Å². The summed E-state index contributed by atoms with van der Waals surface area (Å²) in [5, 5.41) is 0. The van der Waals surface area contributed by atoms with Crippen LogP contribution >= 0.6 is 0 Å². The normalized spacial score (nSPS) is 31.0. The van der Waals surface area contributed by atoms with Crippen molar-refractivity contribution >= 4 is 0 Å². The fourth-order valence-electron chi connectivity index (χ4n) is 3.27. The molecule has 3 rings (SSSR count). The quantitative estimate of drug-likeness (QED) is 0.801. The van der Waals surface area contributed by atoms with Gasteiger partial charge in [0.05, 0.1) is 12.2 Å². The highest BCUT2D eigenvalue weighted by Gasteiger charge is 2.37. The van der Waals surface area contributed by atoms with Crippen LogP contribution in [-0.4, -0.2) is 27.5 Å². The summed E-state index contributed by atoms with van der Waals surface area (Å²) >= 11 is 0. The number of likely N-dealkylation sites (tertiary alicyclic amines) is 1. The largest absolute Gasteiger partial charge is 0.347 e. The number of nitrogens with one attached hydrogen (secondary N) is 1. The molecule has 0 amide bonds. The Morgan fingerprint density at radius 1 is 1.47 bits per heavy atom. The molecule has 1 aliphatic heterocycles. The van der Waals surface area contributed by atoms with Gasteiger partial charge in [-0.2, -0.15) is 0 Å². The van der Waals surface area contributed by atoms with Gasteiger partial charge in [-0.3, -0.25) is 4.90 Å². The van der Waals surface area contributed by atoms with Crippen molar-refractivity contribution in [3.05, 3.63) is 17.7 Å². The first-order valence-electron chi connectivity index (χ1n) is 6.08. The molecule has 0 radical (unpaired) electrons. The van der Waals surface area contributed by atoms with Crippen molar-refractivity contribution in [1.29, 1.82) is 0 Å². The Bertz CT molecular complexity index is 344. The van der Waals surface area contributed by atoms with Crippen molar-refractivity contribution < 1.29 is 0 Å². The molecule has 1 saturated heterocycles. The van der Waals surface area contributed by atoms with E-state index in [1.54, 1.807) is 0 Å². The molecule has 2 atom stereocenters. The van der Waals surface area contributed by atoms with Gasteiger partial charge in [-0.1, -0.05) is 6.42 Å². The molecule has 2 fully saturated rings. The van der Waals surface area contributed by atoms with Crippen LogP contribution < -0.4 is 0 Å². The van der Waals surface area contributed by atoms with E-state index in [9.17, 15) is 0 Å². The first kappa shape index (κ1) is 9.40. The zero-order valence-electron chi connectivity index (χ0n) is 9.37. The van der Waals surface area contributed by atoms with Crippen LogP contribution in [0.2, 0.25) is 0 Å². The Morgan fingerprint density at radius 3 is 3.20 bits per heavy atom. The number of rotatable bonds is 2. The van der Waals surface area contributed by atoms with Crippen LogP contribution in [0.25, 0.3) is 0 Å². The van der Waals surface area contributed by atoms with E-state index < -0.39 is 0 Å². The van der Waals surface area contributed by atoms with Crippen LogP contribution in [0.5, 0.6) is 0 Å². The lowest BCUT2D eigenvalue weighted by molar-refractivity contribution is 0.228. The van der Waals surface area contributed by atoms with Gasteiger partial charge in [0.15, 0.2) is 0 Å². The van der Waals surface area contributed by atoms with E-state index in [1.165, 1.54) is 32.2 Å². The molecule has 2 heterocycles. The summed E-state index contributed by atoms with van der Waals surface area (Å²) < 4.78 is 0. The molecule has 1 saturated carbocycles. The minimum atomic E-state index is 0.857. The minimum absolute atomic E-state index is 0.857. The summed E-state index contributed by atoms with van der Waals surface area (Å²) in [5.41, 5.74) is 1.10. The van der Waals surface area contributed by atoms with Crippen LogP contribution in [0.1, 0.15) is 37.2 Å². The molecular formula is C12H19N3. The van der Waals surface area contributed by atoms with Crippen LogP contribution in [0.15, 0.2) is 6.20 Å². The SMILES string of the molecule is Cc1c[nH]c(CN2CC[C@H]3CCC[C@H]32)n1. The summed E-state index contributed by atoms with van der Waals surface area (Å²) in [6, 6.07) is 0.857. The van der Waals surface area contributed by atoms with E-state index in [2.05, 4.69) is 14.9 Å². The summed E-state index contributed by atoms with van der Waals surface area (Å²) in [7, 11) is 0. The average Bonchev–Trinajstić information content (AvgIpc) is 2.85. The molecule has 0 aromatic carbocycles. The maximum Gasteiger partial charge on any atom is 0.120 e. The first-order valence-corrected chi connectivity index (χ1v) is 6.08. The summed E-state index contributed by atoms with van der Waals surface area (Å²) in [5.74, 6) is 2.13. The van der Waals surface area contributed by atoms with E-state index >= 15 is 0 Å². The zero-order valence-corrected chi connectivity index (χ0v) is 9.37. The number of hydrogen-bond acceptors (Lipinski definition) is 2. The molecule has 3 nitrogen and oxygen atoms in total. The number of nitrogens with zero attached hydrogens (tertiary/aromatic N) is 2. The molecule has 0 unspecified atom stereocenters.